The summed E-state index contributed by atoms with van der Waals surface area (Å²) in [6, 6.07) is 0. The molecule has 0 fully saturated rings. The van der Waals surface area contributed by atoms with Gasteiger partial charge in [0.25, 0.3) is 0 Å². The Bertz CT molecular complexity index is 175. The van der Waals surface area contributed by atoms with E-state index in [1.807, 2.05) is 6.92 Å². The van der Waals surface area contributed by atoms with Crippen molar-refractivity contribution in [2.75, 3.05) is 40.0 Å². The summed E-state index contributed by atoms with van der Waals surface area (Å²) in [7, 11) is 1.53. The van der Waals surface area contributed by atoms with Crippen molar-refractivity contribution >= 4 is 5.91 Å². The Morgan fingerprint density at radius 1 is 1.47 bits per heavy atom. The molecule has 1 unspecified atom stereocenters. The summed E-state index contributed by atoms with van der Waals surface area (Å²) >= 11 is 0. The van der Waals surface area contributed by atoms with Crippen molar-refractivity contribution in [3.8, 4) is 0 Å². The van der Waals surface area contributed by atoms with Gasteiger partial charge in [-0.15, -0.1) is 0 Å². The summed E-state index contributed by atoms with van der Waals surface area (Å²) in [5, 5.41) is 9.25. The first-order chi connectivity index (χ1) is 7.11. The zero-order valence-electron chi connectivity index (χ0n) is 9.73. The minimum atomic E-state index is -0.595. The number of aliphatic hydroxyl groups is 1. The number of carbonyl (C=O) groups is 1. The Hall–Kier alpha value is -0.650. The van der Waals surface area contributed by atoms with Crippen LogP contribution in [0.4, 0.5) is 0 Å². The fourth-order valence-electron chi connectivity index (χ4n) is 1.17. The second-order valence-corrected chi connectivity index (χ2v) is 3.28. The van der Waals surface area contributed by atoms with Crippen molar-refractivity contribution in [2.24, 2.45) is 0 Å². The molecule has 0 aliphatic rings. The summed E-state index contributed by atoms with van der Waals surface area (Å²) in [5.74, 6) is 0.0403. The third kappa shape index (κ3) is 7.30. The molecule has 0 aromatic heterocycles. The molecule has 0 heterocycles. The fraction of sp³-hybridized carbons (Fsp3) is 0.900. The molecule has 0 aliphatic heterocycles. The van der Waals surface area contributed by atoms with E-state index >= 15 is 0 Å². The van der Waals surface area contributed by atoms with Gasteiger partial charge in [0.1, 0.15) is 6.10 Å². The molecule has 0 rings (SSSR count). The topological polar surface area (TPSA) is 59.0 Å². The SMILES string of the molecule is CCN(CCOCC(O)COC)C(C)=O. The van der Waals surface area contributed by atoms with Gasteiger partial charge in [-0.05, 0) is 6.92 Å². The Morgan fingerprint density at radius 2 is 2.13 bits per heavy atom. The van der Waals surface area contributed by atoms with Crippen LogP contribution in [0.2, 0.25) is 0 Å². The molecule has 0 aliphatic carbocycles. The van der Waals surface area contributed by atoms with Crippen molar-refractivity contribution in [2.45, 2.75) is 20.0 Å². The number of methoxy groups -OCH3 is 1. The van der Waals surface area contributed by atoms with Gasteiger partial charge in [0.05, 0.1) is 19.8 Å². The molecule has 0 aromatic carbocycles. The molecule has 1 amide bonds. The van der Waals surface area contributed by atoms with Crippen LogP contribution in [0.15, 0.2) is 0 Å². The number of amides is 1. The highest BCUT2D eigenvalue weighted by molar-refractivity contribution is 5.73. The minimum Gasteiger partial charge on any atom is -0.388 e. The van der Waals surface area contributed by atoms with Crippen LogP contribution >= 0.6 is 0 Å². The summed E-state index contributed by atoms with van der Waals surface area (Å²) in [4.78, 5) is 12.7. The summed E-state index contributed by atoms with van der Waals surface area (Å²) < 4.78 is 9.95. The fourth-order valence-corrected chi connectivity index (χ4v) is 1.17. The van der Waals surface area contributed by atoms with Crippen LogP contribution < -0.4 is 0 Å². The quantitative estimate of drug-likeness (QED) is 0.578. The standard InChI is InChI=1S/C10H21NO4/c1-4-11(9(2)12)5-6-15-8-10(13)7-14-3/h10,13H,4-8H2,1-3H3. The molecule has 0 bridgehead atoms. The van der Waals surface area contributed by atoms with Gasteiger partial charge in [-0.25, -0.2) is 0 Å². The van der Waals surface area contributed by atoms with Gasteiger partial charge in [0.15, 0.2) is 0 Å². The second kappa shape index (κ2) is 8.64. The Morgan fingerprint density at radius 3 is 2.60 bits per heavy atom. The Kier molecular flexibility index (Phi) is 8.27. The van der Waals surface area contributed by atoms with E-state index in [4.69, 9.17) is 9.47 Å². The van der Waals surface area contributed by atoms with Gasteiger partial charge >= 0.3 is 0 Å². The van der Waals surface area contributed by atoms with Crippen molar-refractivity contribution in [1.29, 1.82) is 0 Å². The number of nitrogens with zero attached hydrogens (tertiary/aromatic N) is 1. The van der Waals surface area contributed by atoms with Crippen LogP contribution in [0, 0.1) is 0 Å². The average molecular weight is 219 g/mol. The van der Waals surface area contributed by atoms with Crippen LogP contribution in [0.5, 0.6) is 0 Å². The highest BCUT2D eigenvalue weighted by atomic mass is 16.5. The van der Waals surface area contributed by atoms with E-state index in [1.165, 1.54) is 14.0 Å². The number of hydrogen-bond acceptors (Lipinski definition) is 4. The monoisotopic (exact) mass is 219 g/mol. The number of rotatable bonds is 8. The normalized spacial score (nSPS) is 12.5. The maximum Gasteiger partial charge on any atom is 0.219 e. The highest BCUT2D eigenvalue weighted by Crippen LogP contribution is 1.91. The molecule has 90 valence electrons. The Labute approximate surface area is 91.0 Å². The average Bonchev–Trinajstić information content (AvgIpc) is 2.17. The predicted octanol–water partition coefficient (Wildman–Crippen LogP) is -0.121. The summed E-state index contributed by atoms with van der Waals surface area (Å²) in [6.45, 7) is 5.64. The first-order valence-corrected chi connectivity index (χ1v) is 5.12. The van der Waals surface area contributed by atoms with Crippen molar-refractivity contribution in [3.05, 3.63) is 0 Å². The summed E-state index contributed by atoms with van der Waals surface area (Å²) in [6.07, 6.45) is -0.595. The molecule has 0 radical (unpaired) electrons. The molecule has 1 atom stereocenters. The van der Waals surface area contributed by atoms with Crippen LogP contribution in [-0.2, 0) is 14.3 Å². The minimum absolute atomic E-state index is 0.0403. The van der Waals surface area contributed by atoms with Gasteiger partial charge in [0, 0.05) is 27.1 Å². The van der Waals surface area contributed by atoms with Crippen LogP contribution in [0.3, 0.4) is 0 Å². The molecular formula is C10H21NO4. The maximum atomic E-state index is 11.0. The molecule has 15 heavy (non-hydrogen) atoms. The van der Waals surface area contributed by atoms with Crippen LogP contribution in [0.1, 0.15) is 13.8 Å². The zero-order chi connectivity index (χ0) is 11.7. The van der Waals surface area contributed by atoms with E-state index in [0.29, 0.717) is 19.7 Å². The van der Waals surface area contributed by atoms with Crippen LogP contribution in [0.25, 0.3) is 0 Å². The molecule has 1 N–H and O–H groups in total. The van der Waals surface area contributed by atoms with Crippen molar-refractivity contribution < 1.29 is 19.4 Å². The maximum absolute atomic E-state index is 11.0. The van der Waals surface area contributed by atoms with E-state index in [9.17, 15) is 9.90 Å². The lowest BCUT2D eigenvalue weighted by Crippen LogP contribution is -2.32. The predicted molar refractivity (Wildman–Crippen MR) is 56.6 cm³/mol. The lowest BCUT2D eigenvalue weighted by atomic mass is 10.4. The molecule has 5 heteroatoms. The van der Waals surface area contributed by atoms with Gasteiger partial charge in [-0.2, -0.15) is 0 Å². The third-order valence-electron chi connectivity index (χ3n) is 2.00. The number of likely N-dealkylation sites (N-methyl/N-ethyl adjacent to an activating group) is 1. The number of hydrogen-bond donors (Lipinski definition) is 1. The first-order valence-electron chi connectivity index (χ1n) is 5.12. The summed E-state index contributed by atoms with van der Waals surface area (Å²) in [5.41, 5.74) is 0. The van der Waals surface area contributed by atoms with Crippen molar-refractivity contribution in [1.82, 2.24) is 4.90 Å². The van der Waals surface area contributed by atoms with Gasteiger partial charge in [-0.1, -0.05) is 0 Å². The lowest BCUT2D eigenvalue weighted by Gasteiger charge is -2.19. The largest absolute Gasteiger partial charge is 0.388 e. The molecule has 5 nitrogen and oxygen atoms in total. The number of aliphatic hydroxyl groups excluding tert-OH is 1. The molecular weight excluding hydrogens is 198 g/mol. The zero-order valence-corrected chi connectivity index (χ0v) is 9.73. The number of carbonyl (C=O) groups excluding carboxylic acids is 1. The lowest BCUT2D eigenvalue weighted by molar-refractivity contribution is -0.129. The van der Waals surface area contributed by atoms with Gasteiger partial charge in [0.2, 0.25) is 5.91 Å². The molecule has 0 spiro atoms. The van der Waals surface area contributed by atoms with Crippen molar-refractivity contribution in [3.63, 3.8) is 0 Å². The van der Waals surface area contributed by atoms with E-state index in [2.05, 4.69) is 0 Å². The number of ether oxygens (including phenoxy) is 2. The van der Waals surface area contributed by atoms with E-state index in [1.54, 1.807) is 4.90 Å². The molecule has 0 saturated heterocycles. The van der Waals surface area contributed by atoms with E-state index < -0.39 is 6.10 Å². The first kappa shape index (κ1) is 14.3. The highest BCUT2D eigenvalue weighted by Gasteiger charge is 2.06. The van der Waals surface area contributed by atoms with E-state index in [-0.39, 0.29) is 19.1 Å². The smallest absolute Gasteiger partial charge is 0.219 e. The second-order valence-electron chi connectivity index (χ2n) is 3.28. The third-order valence-corrected chi connectivity index (χ3v) is 2.00. The van der Waals surface area contributed by atoms with Crippen LogP contribution in [-0.4, -0.2) is 62.0 Å². The van der Waals surface area contributed by atoms with Gasteiger partial charge < -0.3 is 19.5 Å². The Balaban J connectivity index is 3.48. The van der Waals surface area contributed by atoms with E-state index in [0.717, 1.165) is 0 Å². The molecule has 0 saturated carbocycles. The molecule has 0 aromatic rings. The van der Waals surface area contributed by atoms with Gasteiger partial charge in [-0.3, -0.25) is 4.79 Å².